The van der Waals surface area contributed by atoms with E-state index < -0.39 is 0 Å². The zero-order valence-corrected chi connectivity index (χ0v) is 21.0. The first-order valence-electron chi connectivity index (χ1n) is 11.6. The Morgan fingerprint density at radius 3 is 2.32 bits per heavy atom. The molecule has 0 saturated carbocycles. The molecule has 180 valence electrons. The molecule has 0 radical (unpaired) electrons. The summed E-state index contributed by atoms with van der Waals surface area (Å²) in [5.41, 5.74) is 4.13. The predicted octanol–water partition coefficient (Wildman–Crippen LogP) is 5.45. The van der Waals surface area contributed by atoms with Crippen LogP contribution in [-0.2, 0) is 4.74 Å². The maximum atomic E-state index is 13.1. The number of methoxy groups -OCH3 is 1. The van der Waals surface area contributed by atoms with Gasteiger partial charge < -0.3 is 19.5 Å². The fourth-order valence-corrected chi connectivity index (χ4v) is 5.38. The number of ether oxygens (including phenoxy) is 3. The number of hydrogen-bond acceptors (Lipinski definition) is 6. The minimum atomic E-state index is -0.127. The molecule has 1 amide bonds. The van der Waals surface area contributed by atoms with Crippen molar-refractivity contribution in [3.8, 4) is 11.5 Å². The van der Waals surface area contributed by atoms with Crippen LogP contribution in [0.15, 0.2) is 48.5 Å². The standard InChI is InChI=1S/C27H32N2O4S/c1-5-33-23-12-6-20(7-13-23)25(29-14-16-32-17-15-29)24-18(2)19(3)34-27(24)28-26(30)21-8-10-22(31-4)11-9-21/h6-13,25H,5,14-17H2,1-4H3,(H,28,30). The van der Waals surface area contributed by atoms with Gasteiger partial charge in [-0.05, 0) is 68.3 Å². The Morgan fingerprint density at radius 1 is 1.06 bits per heavy atom. The monoisotopic (exact) mass is 480 g/mol. The van der Waals surface area contributed by atoms with Gasteiger partial charge in [0.05, 0.1) is 33.0 Å². The molecular weight excluding hydrogens is 448 g/mol. The molecule has 1 saturated heterocycles. The smallest absolute Gasteiger partial charge is 0.256 e. The summed E-state index contributed by atoms with van der Waals surface area (Å²) in [6.45, 7) is 9.94. The average Bonchev–Trinajstić information content (AvgIpc) is 3.14. The van der Waals surface area contributed by atoms with Crippen molar-refractivity contribution in [2.75, 3.05) is 45.3 Å². The molecule has 4 rings (SSSR count). The highest BCUT2D eigenvalue weighted by Crippen LogP contribution is 2.43. The third-order valence-corrected chi connectivity index (χ3v) is 7.34. The van der Waals surface area contributed by atoms with Crippen LogP contribution < -0.4 is 14.8 Å². The molecular formula is C27H32N2O4S. The highest BCUT2D eigenvalue weighted by atomic mass is 32.1. The summed E-state index contributed by atoms with van der Waals surface area (Å²) < 4.78 is 16.5. The summed E-state index contributed by atoms with van der Waals surface area (Å²) >= 11 is 1.63. The van der Waals surface area contributed by atoms with E-state index in [1.807, 2.05) is 19.1 Å². The number of rotatable bonds is 8. The van der Waals surface area contributed by atoms with Gasteiger partial charge in [0.2, 0.25) is 0 Å². The molecule has 0 aliphatic carbocycles. The Labute approximate surface area is 205 Å². The van der Waals surface area contributed by atoms with Crippen molar-refractivity contribution in [3.05, 3.63) is 75.7 Å². The van der Waals surface area contributed by atoms with Gasteiger partial charge >= 0.3 is 0 Å². The molecule has 0 bridgehead atoms. The lowest BCUT2D eigenvalue weighted by molar-refractivity contribution is 0.0240. The highest BCUT2D eigenvalue weighted by molar-refractivity contribution is 7.16. The molecule has 1 N–H and O–H groups in total. The second-order valence-electron chi connectivity index (χ2n) is 8.26. The van der Waals surface area contributed by atoms with Crippen LogP contribution in [0.4, 0.5) is 5.00 Å². The van der Waals surface area contributed by atoms with E-state index in [2.05, 4.69) is 36.2 Å². The summed E-state index contributed by atoms with van der Waals surface area (Å²) in [4.78, 5) is 16.8. The van der Waals surface area contributed by atoms with Gasteiger partial charge in [-0.3, -0.25) is 9.69 Å². The maximum absolute atomic E-state index is 13.1. The van der Waals surface area contributed by atoms with Crippen molar-refractivity contribution < 1.29 is 19.0 Å². The number of aryl methyl sites for hydroxylation is 1. The van der Waals surface area contributed by atoms with Crippen molar-refractivity contribution in [2.45, 2.75) is 26.8 Å². The van der Waals surface area contributed by atoms with Crippen LogP contribution in [0.3, 0.4) is 0 Å². The Bertz CT molecular complexity index is 1100. The van der Waals surface area contributed by atoms with Crippen LogP contribution in [0.1, 0.15) is 44.9 Å². The Balaban J connectivity index is 1.71. The average molecular weight is 481 g/mol. The van der Waals surface area contributed by atoms with E-state index in [0.29, 0.717) is 25.4 Å². The first-order valence-corrected chi connectivity index (χ1v) is 12.4. The summed E-state index contributed by atoms with van der Waals surface area (Å²) in [6.07, 6.45) is 0. The van der Waals surface area contributed by atoms with E-state index in [1.165, 1.54) is 16.0 Å². The Morgan fingerprint density at radius 2 is 1.71 bits per heavy atom. The molecule has 1 unspecified atom stereocenters. The van der Waals surface area contributed by atoms with Crippen molar-refractivity contribution >= 4 is 22.2 Å². The van der Waals surface area contributed by atoms with Crippen LogP contribution in [0.25, 0.3) is 0 Å². The second kappa shape index (κ2) is 11.0. The van der Waals surface area contributed by atoms with Crippen LogP contribution in [0.5, 0.6) is 11.5 Å². The van der Waals surface area contributed by atoms with Gasteiger partial charge in [-0.1, -0.05) is 12.1 Å². The van der Waals surface area contributed by atoms with Gasteiger partial charge in [-0.25, -0.2) is 0 Å². The number of benzene rings is 2. The topological polar surface area (TPSA) is 60.0 Å². The third kappa shape index (κ3) is 5.27. The fourth-order valence-electron chi connectivity index (χ4n) is 4.29. The fraction of sp³-hybridized carbons (Fsp3) is 0.370. The van der Waals surface area contributed by atoms with Gasteiger partial charge in [-0.15, -0.1) is 11.3 Å². The van der Waals surface area contributed by atoms with Gasteiger partial charge in [-0.2, -0.15) is 0 Å². The molecule has 1 aliphatic rings. The van der Waals surface area contributed by atoms with Crippen molar-refractivity contribution in [3.63, 3.8) is 0 Å². The summed E-state index contributed by atoms with van der Waals surface area (Å²) in [6, 6.07) is 15.5. The summed E-state index contributed by atoms with van der Waals surface area (Å²) in [5, 5.41) is 4.09. The van der Waals surface area contributed by atoms with Crippen molar-refractivity contribution in [2.24, 2.45) is 0 Å². The largest absolute Gasteiger partial charge is 0.497 e. The third-order valence-electron chi connectivity index (χ3n) is 6.20. The normalized spacial score (nSPS) is 15.1. The Kier molecular flexibility index (Phi) is 7.88. The number of thiophene rings is 1. The van der Waals surface area contributed by atoms with Crippen LogP contribution in [0, 0.1) is 13.8 Å². The van der Waals surface area contributed by atoms with Crippen molar-refractivity contribution in [1.82, 2.24) is 4.90 Å². The molecule has 3 aromatic rings. The lowest BCUT2D eigenvalue weighted by Gasteiger charge is -2.35. The SMILES string of the molecule is CCOc1ccc(C(c2c(NC(=O)c3ccc(OC)cc3)sc(C)c2C)N2CCOCC2)cc1. The molecule has 1 aliphatic heterocycles. The first-order chi connectivity index (χ1) is 16.5. The molecule has 1 atom stereocenters. The molecule has 2 heterocycles. The van der Waals surface area contributed by atoms with Gasteiger partial charge in [0.25, 0.3) is 5.91 Å². The summed E-state index contributed by atoms with van der Waals surface area (Å²) in [7, 11) is 1.62. The van der Waals surface area contributed by atoms with E-state index in [0.717, 1.165) is 35.2 Å². The van der Waals surface area contributed by atoms with E-state index in [1.54, 1.807) is 42.7 Å². The van der Waals surface area contributed by atoms with E-state index in [-0.39, 0.29) is 11.9 Å². The molecule has 7 heteroatoms. The Hall–Kier alpha value is -2.87. The van der Waals surface area contributed by atoms with Crippen LogP contribution >= 0.6 is 11.3 Å². The highest BCUT2D eigenvalue weighted by Gasteiger charge is 2.30. The lowest BCUT2D eigenvalue weighted by Crippen LogP contribution is -2.39. The zero-order chi connectivity index (χ0) is 24.1. The zero-order valence-electron chi connectivity index (χ0n) is 20.2. The van der Waals surface area contributed by atoms with E-state index in [9.17, 15) is 4.79 Å². The number of morpholine rings is 1. The molecule has 2 aromatic carbocycles. The first kappa shape index (κ1) is 24.3. The number of hydrogen-bond donors (Lipinski definition) is 1. The number of amides is 1. The van der Waals surface area contributed by atoms with Crippen LogP contribution in [0.2, 0.25) is 0 Å². The minimum absolute atomic E-state index is 0.00990. The number of carbonyl (C=O) groups is 1. The molecule has 1 fully saturated rings. The van der Waals surface area contributed by atoms with Gasteiger partial charge in [0, 0.05) is 29.1 Å². The van der Waals surface area contributed by atoms with Crippen molar-refractivity contribution in [1.29, 1.82) is 0 Å². The van der Waals surface area contributed by atoms with Gasteiger partial charge in [0.1, 0.15) is 16.5 Å². The van der Waals surface area contributed by atoms with E-state index >= 15 is 0 Å². The number of nitrogens with zero attached hydrogens (tertiary/aromatic N) is 1. The number of nitrogens with one attached hydrogen (secondary N) is 1. The molecule has 0 spiro atoms. The molecule has 34 heavy (non-hydrogen) atoms. The molecule has 6 nitrogen and oxygen atoms in total. The van der Waals surface area contributed by atoms with E-state index in [4.69, 9.17) is 14.2 Å². The maximum Gasteiger partial charge on any atom is 0.256 e. The lowest BCUT2D eigenvalue weighted by atomic mass is 9.94. The number of carbonyl (C=O) groups excluding carboxylic acids is 1. The number of anilines is 1. The minimum Gasteiger partial charge on any atom is -0.497 e. The predicted molar refractivity (Wildman–Crippen MR) is 137 cm³/mol. The second-order valence-corrected chi connectivity index (χ2v) is 9.49. The van der Waals surface area contributed by atoms with Gasteiger partial charge in [0.15, 0.2) is 0 Å². The molecule has 1 aromatic heterocycles. The summed E-state index contributed by atoms with van der Waals surface area (Å²) in [5.74, 6) is 1.46. The quantitative estimate of drug-likeness (QED) is 0.465. The van der Waals surface area contributed by atoms with Crippen LogP contribution in [-0.4, -0.2) is 50.8 Å².